The number of carbonyl (C=O) groups excluding carboxylic acids is 2. The quantitative estimate of drug-likeness (QED) is 0.513. The van der Waals surface area contributed by atoms with Crippen molar-refractivity contribution >= 4 is 28.2 Å². The number of halogens is 1. The standard InChI is InChI=1S/C23H22FNO5S/c1-13-14(2)31-22(20(13)23(27)29-4)25-21(26)16-8-9-18(19(11-16)28-3)30-12-15-6-5-7-17(24)10-15/h5-11H,12H2,1-4H3,(H,25,26). The van der Waals surface area contributed by atoms with Gasteiger partial charge in [0.1, 0.15) is 17.4 Å². The summed E-state index contributed by atoms with van der Waals surface area (Å²) in [7, 11) is 2.77. The molecule has 8 heteroatoms. The number of methoxy groups -OCH3 is 2. The smallest absolute Gasteiger partial charge is 0.341 e. The number of thiophene rings is 1. The van der Waals surface area contributed by atoms with E-state index < -0.39 is 11.9 Å². The van der Waals surface area contributed by atoms with Crippen molar-refractivity contribution < 1.29 is 28.2 Å². The Morgan fingerprint density at radius 2 is 1.84 bits per heavy atom. The molecular weight excluding hydrogens is 421 g/mol. The van der Waals surface area contributed by atoms with Gasteiger partial charge in [0.25, 0.3) is 5.91 Å². The van der Waals surface area contributed by atoms with Gasteiger partial charge in [-0.15, -0.1) is 11.3 Å². The van der Waals surface area contributed by atoms with Gasteiger partial charge >= 0.3 is 5.97 Å². The number of benzene rings is 2. The van der Waals surface area contributed by atoms with Crippen molar-refractivity contribution in [2.75, 3.05) is 19.5 Å². The van der Waals surface area contributed by atoms with Gasteiger partial charge in [-0.1, -0.05) is 12.1 Å². The van der Waals surface area contributed by atoms with E-state index in [9.17, 15) is 14.0 Å². The Balaban J connectivity index is 1.78. The molecule has 1 N–H and O–H groups in total. The minimum Gasteiger partial charge on any atom is -0.493 e. The molecule has 162 valence electrons. The van der Waals surface area contributed by atoms with Crippen LogP contribution in [0.2, 0.25) is 0 Å². The largest absolute Gasteiger partial charge is 0.493 e. The summed E-state index contributed by atoms with van der Waals surface area (Å²) in [4.78, 5) is 25.8. The van der Waals surface area contributed by atoms with Crippen LogP contribution in [0, 0.1) is 19.7 Å². The van der Waals surface area contributed by atoms with Crippen LogP contribution in [0.3, 0.4) is 0 Å². The number of anilines is 1. The molecular formula is C23H22FNO5S. The first kappa shape index (κ1) is 22.3. The Labute approximate surface area is 183 Å². The number of nitrogens with one attached hydrogen (secondary N) is 1. The third kappa shape index (κ3) is 5.03. The maximum Gasteiger partial charge on any atom is 0.341 e. The second kappa shape index (κ2) is 9.61. The summed E-state index contributed by atoms with van der Waals surface area (Å²) < 4.78 is 29.2. The fourth-order valence-corrected chi connectivity index (χ4v) is 4.00. The van der Waals surface area contributed by atoms with Crippen LogP contribution in [0.25, 0.3) is 0 Å². The van der Waals surface area contributed by atoms with E-state index in [0.29, 0.717) is 33.2 Å². The number of aryl methyl sites for hydroxylation is 1. The molecule has 1 heterocycles. The van der Waals surface area contributed by atoms with Crippen LogP contribution in [0.4, 0.5) is 9.39 Å². The molecule has 0 radical (unpaired) electrons. The van der Waals surface area contributed by atoms with E-state index in [0.717, 1.165) is 10.4 Å². The molecule has 0 saturated heterocycles. The monoisotopic (exact) mass is 443 g/mol. The molecule has 3 aromatic rings. The Hall–Kier alpha value is -3.39. The van der Waals surface area contributed by atoms with Crippen molar-refractivity contribution in [3.05, 3.63) is 75.4 Å². The normalized spacial score (nSPS) is 10.5. The van der Waals surface area contributed by atoms with Gasteiger partial charge in [0.2, 0.25) is 0 Å². The summed E-state index contributed by atoms with van der Waals surface area (Å²) in [6.45, 7) is 3.83. The number of amides is 1. The van der Waals surface area contributed by atoms with Gasteiger partial charge in [0.05, 0.1) is 19.8 Å². The van der Waals surface area contributed by atoms with Crippen LogP contribution in [0.1, 0.15) is 36.7 Å². The van der Waals surface area contributed by atoms with E-state index in [2.05, 4.69) is 5.32 Å². The van der Waals surface area contributed by atoms with Crippen LogP contribution in [0.15, 0.2) is 42.5 Å². The lowest BCUT2D eigenvalue weighted by Crippen LogP contribution is -2.14. The third-order valence-corrected chi connectivity index (χ3v) is 5.83. The zero-order chi connectivity index (χ0) is 22.5. The molecule has 31 heavy (non-hydrogen) atoms. The second-order valence-electron chi connectivity index (χ2n) is 6.72. The summed E-state index contributed by atoms with van der Waals surface area (Å²) in [5.74, 6) is -0.472. The molecule has 1 aromatic heterocycles. The van der Waals surface area contributed by atoms with Gasteiger partial charge in [-0.25, -0.2) is 9.18 Å². The molecule has 0 aliphatic carbocycles. The third-order valence-electron chi connectivity index (χ3n) is 4.71. The molecule has 0 fully saturated rings. The van der Waals surface area contributed by atoms with Crippen molar-refractivity contribution in [3.63, 3.8) is 0 Å². The molecule has 0 unspecified atom stereocenters. The van der Waals surface area contributed by atoms with Crippen molar-refractivity contribution in [2.45, 2.75) is 20.5 Å². The molecule has 0 aliphatic rings. The lowest BCUT2D eigenvalue weighted by Gasteiger charge is -2.12. The van der Waals surface area contributed by atoms with Gasteiger partial charge in [-0.2, -0.15) is 0 Å². The lowest BCUT2D eigenvalue weighted by atomic mass is 10.1. The van der Waals surface area contributed by atoms with Crippen LogP contribution < -0.4 is 14.8 Å². The first-order chi connectivity index (χ1) is 14.8. The zero-order valence-electron chi connectivity index (χ0n) is 17.6. The number of carbonyl (C=O) groups is 2. The second-order valence-corrected chi connectivity index (χ2v) is 7.94. The van der Waals surface area contributed by atoms with Crippen LogP contribution in [-0.2, 0) is 11.3 Å². The van der Waals surface area contributed by atoms with E-state index in [-0.39, 0.29) is 12.4 Å². The van der Waals surface area contributed by atoms with Crippen molar-refractivity contribution in [1.29, 1.82) is 0 Å². The number of esters is 1. The molecule has 0 saturated carbocycles. The van der Waals surface area contributed by atoms with E-state index in [1.807, 2.05) is 13.8 Å². The van der Waals surface area contributed by atoms with E-state index in [1.54, 1.807) is 30.3 Å². The summed E-state index contributed by atoms with van der Waals surface area (Å²) in [6.07, 6.45) is 0. The molecule has 3 rings (SSSR count). The molecule has 0 atom stereocenters. The van der Waals surface area contributed by atoms with Gasteiger partial charge in [0.15, 0.2) is 11.5 Å². The predicted octanol–water partition coefficient (Wildman–Crippen LogP) is 5.13. The van der Waals surface area contributed by atoms with Gasteiger partial charge < -0.3 is 19.5 Å². The molecule has 0 bridgehead atoms. The van der Waals surface area contributed by atoms with Gasteiger partial charge in [-0.05, 0) is 55.3 Å². The fraction of sp³-hybridized carbons (Fsp3) is 0.217. The van der Waals surface area contributed by atoms with Crippen LogP contribution >= 0.6 is 11.3 Å². The summed E-state index contributed by atoms with van der Waals surface area (Å²) in [6, 6.07) is 10.8. The first-order valence-electron chi connectivity index (χ1n) is 9.39. The van der Waals surface area contributed by atoms with E-state index in [1.165, 1.54) is 37.7 Å². The average molecular weight is 443 g/mol. The first-order valence-corrected chi connectivity index (χ1v) is 10.2. The maximum atomic E-state index is 13.3. The van der Waals surface area contributed by atoms with Crippen molar-refractivity contribution in [1.82, 2.24) is 0 Å². The number of rotatable bonds is 7. The van der Waals surface area contributed by atoms with Crippen LogP contribution in [-0.4, -0.2) is 26.1 Å². The lowest BCUT2D eigenvalue weighted by molar-refractivity contribution is 0.0601. The SMILES string of the molecule is COC(=O)c1c(NC(=O)c2ccc(OCc3cccc(F)c3)c(OC)c2)sc(C)c1C. The highest BCUT2D eigenvalue weighted by Gasteiger charge is 2.22. The molecule has 0 aliphatic heterocycles. The minimum absolute atomic E-state index is 0.149. The van der Waals surface area contributed by atoms with E-state index >= 15 is 0 Å². The highest BCUT2D eigenvalue weighted by atomic mass is 32.1. The topological polar surface area (TPSA) is 73.9 Å². The van der Waals surface area contributed by atoms with Gasteiger partial charge in [-0.3, -0.25) is 4.79 Å². The average Bonchev–Trinajstić information content (AvgIpc) is 3.04. The Bertz CT molecular complexity index is 1130. The number of hydrogen-bond donors (Lipinski definition) is 1. The summed E-state index contributed by atoms with van der Waals surface area (Å²) in [5, 5.41) is 3.21. The number of ether oxygens (including phenoxy) is 3. The van der Waals surface area contributed by atoms with Gasteiger partial charge in [0, 0.05) is 10.4 Å². The van der Waals surface area contributed by atoms with Crippen molar-refractivity contribution in [2.24, 2.45) is 0 Å². The number of hydrogen-bond acceptors (Lipinski definition) is 6. The minimum atomic E-state index is -0.504. The van der Waals surface area contributed by atoms with Crippen molar-refractivity contribution in [3.8, 4) is 11.5 Å². The zero-order valence-corrected chi connectivity index (χ0v) is 18.4. The maximum absolute atomic E-state index is 13.3. The Kier molecular flexibility index (Phi) is 6.91. The molecule has 6 nitrogen and oxygen atoms in total. The van der Waals surface area contributed by atoms with E-state index in [4.69, 9.17) is 14.2 Å². The fourth-order valence-electron chi connectivity index (χ4n) is 2.95. The summed E-state index contributed by atoms with van der Waals surface area (Å²) in [5.41, 5.74) is 2.11. The highest BCUT2D eigenvalue weighted by Crippen LogP contribution is 2.34. The highest BCUT2D eigenvalue weighted by molar-refractivity contribution is 7.16. The Morgan fingerprint density at radius 1 is 1.06 bits per heavy atom. The predicted molar refractivity (Wildman–Crippen MR) is 117 cm³/mol. The molecule has 2 aromatic carbocycles. The molecule has 1 amide bonds. The molecule has 0 spiro atoms. The Morgan fingerprint density at radius 3 is 2.52 bits per heavy atom. The summed E-state index contributed by atoms with van der Waals surface area (Å²) >= 11 is 1.31. The van der Waals surface area contributed by atoms with Crippen LogP contribution in [0.5, 0.6) is 11.5 Å².